The van der Waals surface area contributed by atoms with Gasteiger partial charge in [0.25, 0.3) is 0 Å². The zero-order valence-corrected chi connectivity index (χ0v) is 9.17. The number of nitrogens with one attached hydrogen (secondary N) is 1. The van der Waals surface area contributed by atoms with Crippen LogP contribution in [0.5, 0.6) is 0 Å². The molecular formula is C11H11N3O3. The normalized spacial score (nSPS) is 10.2. The number of rotatable bonds is 4. The Morgan fingerprint density at radius 1 is 1.53 bits per heavy atom. The van der Waals surface area contributed by atoms with Gasteiger partial charge in [0.05, 0.1) is 17.8 Å². The van der Waals surface area contributed by atoms with Crippen LogP contribution in [0.3, 0.4) is 0 Å². The number of carboxylic acids is 1. The Labute approximate surface area is 97.3 Å². The van der Waals surface area contributed by atoms with Gasteiger partial charge in [-0.05, 0) is 18.6 Å². The minimum Gasteiger partial charge on any atom is -0.478 e. The molecule has 0 aliphatic carbocycles. The summed E-state index contributed by atoms with van der Waals surface area (Å²) in [5.41, 5.74) is 1.66. The van der Waals surface area contributed by atoms with Gasteiger partial charge in [-0.15, -0.1) is 0 Å². The van der Waals surface area contributed by atoms with E-state index in [2.05, 4.69) is 20.0 Å². The van der Waals surface area contributed by atoms with Gasteiger partial charge < -0.3 is 14.9 Å². The average molecular weight is 233 g/mol. The lowest BCUT2D eigenvalue weighted by Gasteiger charge is -2.10. The smallest absolute Gasteiger partial charge is 0.337 e. The molecule has 1 aromatic heterocycles. The number of carbonyl (C=O) groups is 1. The largest absolute Gasteiger partial charge is 0.478 e. The Bertz CT molecular complexity index is 523. The first-order valence-corrected chi connectivity index (χ1v) is 5.00. The number of carboxylic acid groups (broad SMARTS) is 1. The van der Waals surface area contributed by atoms with Gasteiger partial charge in [-0.3, -0.25) is 0 Å². The number of aromatic nitrogens is 2. The second-order valence-corrected chi connectivity index (χ2v) is 3.50. The first-order valence-electron chi connectivity index (χ1n) is 5.00. The Morgan fingerprint density at radius 2 is 2.35 bits per heavy atom. The van der Waals surface area contributed by atoms with E-state index in [0.717, 1.165) is 5.56 Å². The summed E-state index contributed by atoms with van der Waals surface area (Å²) >= 11 is 0. The molecule has 0 bridgehead atoms. The molecule has 1 heterocycles. The fourth-order valence-electron chi connectivity index (χ4n) is 1.52. The molecule has 0 saturated carbocycles. The van der Waals surface area contributed by atoms with Crippen molar-refractivity contribution < 1.29 is 14.4 Å². The molecule has 0 fully saturated rings. The first-order chi connectivity index (χ1) is 8.18. The number of nitrogens with zero attached hydrogens (tertiary/aromatic N) is 2. The van der Waals surface area contributed by atoms with Crippen molar-refractivity contribution in [3.63, 3.8) is 0 Å². The van der Waals surface area contributed by atoms with E-state index in [-0.39, 0.29) is 5.56 Å². The quantitative estimate of drug-likeness (QED) is 0.835. The molecule has 2 aromatic rings. The molecular weight excluding hydrogens is 222 g/mol. The predicted octanol–water partition coefficient (Wildman–Crippen LogP) is 1.69. The second-order valence-electron chi connectivity index (χ2n) is 3.50. The lowest BCUT2D eigenvalue weighted by Crippen LogP contribution is -2.08. The van der Waals surface area contributed by atoms with E-state index in [1.165, 1.54) is 6.39 Å². The maximum absolute atomic E-state index is 11.0. The van der Waals surface area contributed by atoms with Crippen molar-refractivity contribution in [2.24, 2.45) is 0 Å². The number of hydrogen-bond acceptors (Lipinski definition) is 5. The van der Waals surface area contributed by atoms with Crippen LogP contribution >= 0.6 is 0 Å². The summed E-state index contributed by atoms with van der Waals surface area (Å²) in [4.78, 5) is 14.9. The highest BCUT2D eigenvalue weighted by atomic mass is 16.5. The molecule has 0 aliphatic heterocycles. The molecule has 2 rings (SSSR count). The highest BCUT2D eigenvalue weighted by Crippen LogP contribution is 2.20. The zero-order chi connectivity index (χ0) is 12.3. The molecule has 0 radical (unpaired) electrons. The van der Waals surface area contributed by atoms with E-state index in [0.29, 0.717) is 18.1 Å². The van der Waals surface area contributed by atoms with E-state index < -0.39 is 5.97 Å². The monoisotopic (exact) mass is 233 g/mol. The van der Waals surface area contributed by atoms with Crippen LogP contribution in [0.1, 0.15) is 21.7 Å². The van der Waals surface area contributed by atoms with E-state index in [4.69, 9.17) is 5.11 Å². The highest BCUT2D eigenvalue weighted by Gasteiger charge is 2.12. The van der Waals surface area contributed by atoms with E-state index >= 15 is 0 Å². The van der Waals surface area contributed by atoms with Crippen molar-refractivity contribution in [1.82, 2.24) is 10.1 Å². The second kappa shape index (κ2) is 4.65. The van der Waals surface area contributed by atoms with Crippen LogP contribution in [0, 0.1) is 6.92 Å². The number of para-hydroxylation sites is 1. The van der Waals surface area contributed by atoms with Crippen LogP contribution in [0.4, 0.5) is 5.69 Å². The maximum atomic E-state index is 11.0. The number of anilines is 1. The lowest BCUT2D eigenvalue weighted by molar-refractivity contribution is 0.0698. The van der Waals surface area contributed by atoms with Gasteiger partial charge in [-0.2, -0.15) is 4.98 Å². The third kappa shape index (κ3) is 2.41. The fourth-order valence-corrected chi connectivity index (χ4v) is 1.52. The molecule has 1 aromatic carbocycles. The molecule has 0 amide bonds. The molecule has 0 spiro atoms. The van der Waals surface area contributed by atoms with Crippen LogP contribution in [-0.4, -0.2) is 21.2 Å². The topological polar surface area (TPSA) is 88.2 Å². The third-order valence-corrected chi connectivity index (χ3v) is 2.33. The Kier molecular flexibility index (Phi) is 3.04. The summed E-state index contributed by atoms with van der Waals surface area (Å²) in [7, 11) is 0. The Balaban J connectivity index is 2.22. The van der Waals surface area contributed by atoms with Gasteiger partial charge in [-0.25, -0.2) is 4.79 Å². The standard InChI is InChI=1S/C11H11N3O3/c1-7-3-2-4-8(11(15)16)10(7)12-5-9-13-6-17-14-9/h2-4,6,12H,5H2,1H3,(H,15,16). The van der Waals surface area contributed by atoms with E-state index in [9.17, 15) is 4.79 Å². The molecule has 0 saturated heterocycles. The van der Waals surface area contributed by atoms with Crippen molar-refractivity contribution in [2.45, 2.75) is 13.5 Å². The van der Waals surface area contributed by atoms with Crippen molar-refractivity contribution in [2.75, 3.05) is 5.32 Å². The Morgan fingerprint density at radius 3 is 3.00 bits per heavy atom. The molecule has 0 aliphatic rings. The first kappa shape index (κ1) is 11.1. The van der Waals surface area contributed by atoms with Crippen molar-refractivity contribution in [1.29, 1.82) is 0 Å². The molecule has 17 heavy (non-hydrogen) atoms. The third-order valence-electron chi connectivity index (χ3n) is 2.33. The van der Waals surface area contributed by atoms with Gasteiger partial charge >= 0.3 is 5.97 Å². The minimum atomic E-state index is -0.968. The van der Waals surface area contributed by atoms with E-state index in [1.54, 1.807) is 12.1 Å². The summed E-state index contributed by atoms with van der Waals surface area (Å²) < 4.78 is 4.59. The number of aryl methyl sites for hydroxylation is 1. The van der Waals surface area contributed by atoms with Crippen molar-refractivity contribution in [3.05, 3.63) is 41.5 Å². The van der Waals surface area contributed by atoms with Gasteiger partial charge in [0, 0.05) is 0 Å². The molecule has 0 atom stereocenters. The molecule has 6 heteroatoms. The fraction of sp³-hybridized carbons (Fsp3) is 0.182. The number of hydrogen-bond donors (Lipinski definition) is 2. The summed E-state index contributed by atoms with van der Waals surface area (Å²) in [5, 5.41) is 15.7. The number of aromatic carboxylic acids is 1. The molecule has 0 unspecified atom stereocenters. The lowest BCUT2D eigenvalue weighted by atomic mass is 10.1. The minimum absolute atomic E-state index is 0.230. The van der Waals surface area contributed by atoms with E-state index in [1.807, 2.05) is 13.0 Å². The van der Waals surface area contributed by atoms with Gasteiger partial charge in [-0.1, -0.05) is 17.3 Å². The zero-order valence-electron chi connectivity index (χ0n) is 9.17. The van der Waals surface area contributed by atoms with Crippen LogP contribution < -0.4 is 5.32 Å². The molecule has 2 N–H and O–H groups in total. The molecule has 6 nitrogen and oxygen atoms in total. The summed E-state index contributed by atoms with van der Waals surface area (Å²) in [5.74, 6) is -0.492. The number of benzene rings is 1. The maximum Gasteiger partial charge on any atom is 0.337 e. The van der Waals surface area contributed by atoms with Gasteiger partial charge in [0.15, 0.2) is 5.82 Å². The van der Waals surface area contributed by atoms with Crippen LogP contribution in [0.2, 0.25) is 0 Å². The summed E-state index contributed by atoms with van der Waals surface area (Å²) in [6.45, 7) is 2.16. The van der Waals surface area contributed by atoms with Crippen molar-refractivity contribution in [3.8, 4) is 0 Å². The highest BCUT2D eigenvalue weighted by molar-refractivity contribution is 5.95. The average Bonchev–Trinajstić information content (AvgIpc) is 2.80. The summed E-state index contributed by atoms with van der Waals surface area (Å²) in [6.07, 6.45) is 1.23. The summed E-state index contributed by atoms with van der Waals surface area (Å²) in [6, 6.07) is 5.09. The Hall–Kier alpha value is -2.37. The van der Waals surface area contributed by atoms with Crippen molar-refractivity contribution >= 4 is 11.7 Å². The predicted molar refractivity (Wildman–Crippen MR) is 59.8 cm³/mol. The van der Waals surface area contributed by atoms with Gasteiger partial charge in [0.1, 0.15) is 0 Å². The van der Waals surface area contributed by atoms with Gasteiger partial charge in [0.2, 0.25) is 6.39 Å². The van der Waals surface area contributed by atoms with Crippen LogP contribution in [-0.2, 0) is 6.54 Å². The van der Waals surface area contributed by atoms with Crippen LogP contribution in [0.25, 0.3) is 0 Å². The van der Waals surface area contributed by atoms with Crippen LogP contribution in [0.15, 0.2) is 29.1 Å². The molecule has 88 valence electrons. The SMILES string of the molecule is Cc1cccc(C(=O)O)c1NCc1ncon1.